The Labute approximate surface area is 321 Å². The second-order valence-corrected chi connectivity index (χ2v) is 13.7. The predicted octanol–water partition coefficient (Wildman–Crippen LogP) is 4.59. The Morgan fingerprint density at radius 1 is 0.673 bits per heavy atom. The molecule has 0 bridgehead atoms. The molecule has 0 unspecified atom stereocenters. The standard InChI is InChI=1S/C37H30F2N12O2S2/c38-28-7-3-1-5-26(28)32-46-34(42)50-36(48-32)54-18-30(52)44-24-11-9-20(22(14-24)16-40)13-21-10-12-25(15-23(21)17-41)45-31(53)19-55-37-49-33(47-35(43)51-37)27-6-2-4-8-29(27)39/h1-12,14-15,32-33H,13,18-19H2,(H,44,52)(H,45,53)(H3,42,46,48,50)(H3,43,47,49,51)/t32-,33+. The average Bonchev–Trinajstić information content (AvgIpc) is 3.17. The van der Waals surface area contributed by atoms with Crippen LogP contribution in [0.3, 0.4) is 0 Å². The number of amides is 2. The molecule has 2 heterocycles. The molecular formula is C37H30F2N12O2S2. The van der Waals surface area contributed by atoms with E-state index in [-0.39, 0.29) is 52.8 Å². The van der Waals surface area contributed by atoms with Crippen LogP contribution in [0.2, 0.25) is 0 Å². The Morgan fingerprint density at radius 2 is 1.09 bits per heavy atom. The van der Waals surface area contributed by atoms with Crippen molar-refractivity contribution < 1.29 is 18.4 Å². The monoisotopic (exact) mass is 776 g/mol. The summed E-state index contributed by atoms with van der Waals surface area (Å²) in [5.74, 6) is -1.77. The highest BCUT2D eigenvalue weighted by atomic mass is 32.2. The van der Waals surface area contributed by atoms with E-state index < -0.39 is 24.0 Å². The van der Waals surface area contributed by atoms with E-state index in [4.69, 9.17) is 11.5 Å². The van der Waals surface area contributed by atoms with E-state index in [1.54, 1.807) is 60.7 Å². The molecule has 2 atom stereocenters. The third-order valence-electron chi connectivity index (χ3n) is 7.93. The van der Waals surface area contributed by atoms with Crippen LogP contribution in [-0.4, -0.2) is 45.6 Å². The van der Waals surface area contributed by atoms with Crippen molar-refractivity contribution in [3.05, 3.63) is 130 Å². The van der Waals surface area contributed by atoms with Crippen LogP contribution < -0.4 is 32.7 Å². The van der Waals surface area contributed by atoms with Crippen LogP contribution in [0, 0.1) is 34.3 Å². The summed E-state index contributed by atoms with van der Waals surface area (Å²) >= 11 is 2.11. The number of guanidine groups is 2. The van der Waals surface area contributed by atoms with E-state index in [0.717, 1.165) is 23.5 Å². The van der Waals surface area contributed by atoms with Crippen molar-refractivity contribution in [1.29, 1.82) is 10.5 Å². The number of rotatable bonds is 10. The van der Waals surface area contributed by atoms with E-state index in [2.05, 4.69) is 53.4 Å². The van der Waals surface area contributed by atoms with Gasteiger partial charge in [-0.3, -0.25) is 9.59 Å². The molecule has 0 aromatic heterocycles. The lowest BCUT2D eigenvalue weighted by Gasteiger charge is -2.19. The van der Waals surface area contributed by atoms with Crippen LogP contribution in [0.5, 0.6) is 0 Å². The molecule has 4 aromatic carbocycles. The quantitative estimate of drug-likeness (QED) is 0.131. The van der Waals surface area contributed by atoms with Crippen LogP contribution in [0.4, 0.5) is 20.2 Å². The predicted molar refractivity (Wildman–Crippen MR) is 210 cm³/mol. The van der Waals surface area contributed by atoms with Crippen molar-refractivity contribution in [2.24, 2.45) is 31.4 Å². The number of anilines is 2. The number of aliphatic imine (C=N–C) groups is 4. The largest absolute Gasteiger partial charge is 0.370 e. The van der Waals surface area contributed by atoms with Gasteiger partial charge >= 0.3 is 0 Å². The fraction of sp³-hybridized carbons (Fsp3) is 0.135. The smallest absolute Gasteiger partial charge is 0.234 e. The molecular weight excluding hydrogens is 747 g/mol. The van der Waals surface area contributed by atoms with Gasteiger partial charge in [-0.1, -0.05) is 72.1 Å². The molecule has 18 heteroatoms. The van der Waals surface area contributed by atoms with Crippen molar-refractivity contribution >= 4 is 69.0 Å². The number of carbonyl (C=O) groups is 2. The van der Waals surface area contributed by atoms with Gasteiger partial charge in [0.1, 0.15) is 11.6 Å². The summed E-state index contributed by atoms with van der Waals surface area (Å²) in [5.41, 5.74) is 14.8. The van der Waals surface area contributed by atoms with Gasteiger partial charge in [0, 0.05) is 28.9 Å². The molecule has 2 amide bonds. The molecule has 0 spiro atoms. The molecule has 0 saturated heterocycles. The summed E-state index contributed by atoms with van der Waals surface area (Å²) in [7, 11) is 0. The molecule has 6 rings (SSSR count). The van der Waals surface area contributed by atoms with Crippen molar-refractivity contribution in [3.63, 3.8) is 0 Å². The number of amidine groups is 2. The number of nitrogens with two attached hydrogens (primary N) is 2. The minimum Gasteiger partial charge on any atom is -0.370 e. The summed E-state index contributed by atoms with van der Waals surface area (Å²) in [5, 5.41) is 31.5. The first-order valence-electron chi connectivity index (χ1n) is 16.3. The molecule has 0 fully saturated rings. The number of carbonyl (C=O) groups excluding carboxylic acids is 2. The SMILES string of the molecule is N#Cc1cc(NC(=O)CSC2=N[C@H](c3ccccc3F)N=C(N)N2)ccc1Cc1ccc(NC(=O)CSC2=N[C@@H](c3ccccc3F)N=C(N)N2)cc1C#N. The molecule has 276 valence electrons. The lowest BCUT2D eigenvalue weighted by Crippen LogP contribution is -2.39. The number of halogens is 2. The Bertz CT molecular complexity index is 2210. The van der Waals surface area contributed by atoms with Crippen LogP contribution in [0.15, 0.2) is 105 Å². The fourth-order valence-electron chi connectivity index (χ4n) is 5.38. The van der Waals surface area contributed by atoms with Gasteiger partial charge in [0.2, 0.25) is 11.8 Å². The highest BCUT2D eigenvalue weighted by molar-refractivity contribution is 8.14. The van der Waals surface area contributed by atoms with Gasteiger partial charge in [0.25, 0.3) is 0 Å². The third kappa shape index (κ3) is 9.82. The highest BCUT2D eigenvalue weighted by Crippen LogP contribution is 2.27. The maximum Gasteiger partial charge on any atom is 0.234 e. The third-order valence-corrected chi connectivity index (χ3v) is 9.70. The molecule has 0 saturated carbocycles. The number of nitrogens with one attached hydrogen (secondary N) is 4. The minimum atomic E-state index is -0.889. The van der Waals surface area contributed by atoms with E-state index in [0.29, 0.717) is 44.0 Å². The number of nitrogens with zero attached hydrogens (tertiary/aromatic N) is 6. The Kier molecular flexibility index (Phi) is 12.0. The zero-order valence-corrected chi connectivity index (χ0v) is 30.2. The number of hydrogen-bond donors (Lipinski definition) is 6. The highest BCUT2D eigenvalue weighted by Gasteiger charge is 2.22. The van der Waals surface area contributed by atoms with Crippen molar-refractivity contribution in [1.82, 2.24) is 10.6 Å². The van der Waals surface area contributed by atoms with E-state index in [9.17, 15) is 28.9 Å². The molecule has 0 aliphatic carbocycles. The van der Waals surface area contributed by atoms with Crippen molar-refractivity contribution in [2.45, 2.75) is 18.8 Å². The van der Waals surface area contributed by atoms with E-state index >= 15 is 0 Å². The van der Waals surface area contributed by atoms with Gasteiger partial charge < -0.3 is 32.7 Å². The summed E-state index contributed by atoms with van der Waals surface area (Å²) in [6.07, 6.45) is -1.55. The summed E-state index contributed by atoms with van der Waals surface area (Å²) in [6, 6.07) is 26.2. The topological polar surface area (TPSA) is 231 Å². The van der Waals surface area contributed by atoms with Crippen LogP contribution >= 0.6 is 23.5 Å². The van der Waals surface area contributed by atoms with Crippen LogP contribution in [-0.2, 0) is 16.0 Å². The minimum absolute atomic E-state index is 0.0393. The first-order chi connectivity index (χ1) is 26.6. The summed E-state index contributed by atoms with van der Waals surface area (Å²) in [4.78, 5) is 42.6. The number of hydrogen-bond acceptors (Lipinski definition) is 14. The molecule has 2 aliphatic heterocycles. The van der Waals surface area contributed by atoms with Gasteiger partial charge in [-0.2, -0.15) is 10.5 Å². The molecule has 14 nitrogen and oxygen atoms in total. The maximum atomic E-state index is 14.3. The Hall–Kier alpha value is -6.76. The first kappa shape index (κ1) is 38.0. The summed E-state index contributed by atoms with van der Waals surface area (Å²) < 4.78 is 28.6. The number of benzene rings is 4. The average molecular weight is 777 g/mol. The zero-order valence-electron chi connectivity index (χ0n) is 28.6. The van der Waals surface area contributed by atoms with Crippen LogP contribution in [0.25, 0.3) is 0 Å². The van der Waals surface area contributed by atoms with Crippen LogP contribution in [0.1, 0.15) is 45.7 Å². The molecule has 0 radical (unpaired) electrons. The molecule has 8 N–H and O–H groups in total. The first-order valence-corrected chi connectivity index (χ1v) is 18.3. The van der Waals surface area contributed by atoms with Gasteiger partial charge in [-0.15, -0.1) is 0 Å². The maximum absolute atomic E-state index is 14.3. The molecule has 2 aliphatic rings. The van der Waals surface area contributed by atoms with Gasteiger partial charge in [0.15, 0.2) is 34.6 Å². The van der Waals surface area contributed by atoms with Crippen molar-refractivity contribution in [2.75, 3.05) is 22.1 Å². The second-order valence-electron chi connectivity index (χ2n) is 11.8. The van der Waals surface area contributed by atoms with E-state index in [1.165, 1.54) is 24.3 Å². The van der Waals surface area contributed by atoms with Crippen molar-refractivity contribution in [3.8, 4) is 12.1 Å². The number of thioether (sulfide) groups is 2. The molecule has 4 aromatic rings. The Morgan fingerprint density at radius 3 is 1.49 bits per heavy atom. The molecule has 55 heavy (non-hydrogen) atoms. The van der Waals surface area contributed by atoms with Gasteiger partial charge in [-0.25, -0.2) is 28.8 Å². The normalized spacial score (nSPS) is 16.1. The lowest BCUT2D eigenvalue weighted by atomic mass is 9.96. The number of nitriles is 2. The lowest BCUT2D eigenvalue weighted by molar-refractivity contribution is -0.114. The van der Waals surface area contributed by atoms with E-state index in [1.807, 2.05) is 0 Å². The van der Waals surface area contributed by atoms with Gasteiger partial charge in [-0.05, 0) is 47.5 Å². The Balaban J connectivity index is 1.03. The summed E-state index contributed by atoms with van der Waals surface area (Å²) in [6.45, 7) is 0. The van der Waals surface area contributed by atoms with Gasteiger partial charge in [0.05, 0.1) is 34.8 Å². The zero-order chi connectivity index (χ0) is 38.9. The fourth-order valence-corrected chi connectivity index (χ4v) is 6.76. The second kappa shape index (κ2) is 17.4.